The van der Waals surface area contributed by atoms with E-state index < -0.39 is 9.84 Å². The van der Waals surface area contributed by atoms with Crippen LogP contribution in [-0.4, -0.2) is 14.2 Å². The van der Waals surface area contributed by atoms with Gasteiger partial charge in [0.2, 0.25) is 0 Å². The fourth-order valence-electron chi connectivity index (χ4n) is 1.46. The van der Waals surface area contributed by atoms with Crippen molar-refractivity contribution in [2.75, 3.05) is 5.75 Å². The van der Waals surface area contributed by atoms with Crippen molar-refractivity contribution in [1.82, 2.24) is 0 Å². The van der Waals surface area contributed by atoms with Crippen molar-refractivity contribution in [3.05, 3.63) is 29.8 Å². The first-order chi connectivity index (χ1) is 7.77. The van der Waals surface area contributed by atoms with Crippen molar-refractivity contribution in [3.63, 3.8) is 0 Å². The highest BCUT2D eigenvalue weighted by Gasteiger charge is 2.17. The van der Waals surface area contributed by atoms with Gasteiger partial charge in [-0.15, -0.1) is 0 Å². The summed E-state index contributed by atoms with van der Waals surface area (Å²) in [7, 11) is -3.31. The van der Waals surface area contributed by atoms with Crippen LogP contribution in [0.5, 0.6) is 0 Å². The molecule has 0 fully saturated rings. The lowest BCUT2D eigenvalue weighted by atomic mass is 9.87. The van der Waals surface area contributed by atoms with Gasteiger partial charge in [-0.1, -0.05) is 32.9 Å². The summed E-state index contributed by atoms with van der Waals surface area (Å²) in [6, 6.07) is 8.75. The van der Waals surface area contributed by atoms with E-state index in [9.17, 15) is 8.42 Å². The van der Waals surface area contributed by atoms with E-state index in [1.807, 2.05) is 18.2 Å². The molecule has 0 unspecified atom stereocenters. The Morgan fingerprint density at radius 1 is 1.18 bits per heavy atom. The Hall–Kier alpha value is -1.34. The van der Waals surface area contributed by atoms with E-state index in [4.69, 9.17) is 5.26 Å². The number of sulfone groups is 1. The Morgan fingerprint density at radius 3 is 2.12 bits per heavy atom. The first-order valence-electron chi connectivity index (χ1n) is 5.47. The molecule has 92 valence electrons. The summed E-state index contributed by atoms with van der Waals surface area (Å²) in [5.74, 6) is -0.113. The Bertz CT molecular complexity index is 516. The lowest BCUT2D eigenvalue weighted by Crippen LogP contribution is -2.12. The van der Waals surface area contributed by atoms with Gasteiger partial charge >= 0.3 is 0 Å². The molecule has 1 aromatic carbocycles. The van der Waals surface area contributed by atoms with Crippen LogP contribution in [0.25, 0.3) is 0 Å². The van der Waals surface area contributed by atoms with Crippen LogP contribution in [0.15, 0.2) is 29.2 Å². The molecule has 0 amide bonds. The minimum Gasteiger partial charge on any atom is -0.224 e. The number of hydrogen-bond donors (Lipinski definition) is 0. The van der Waals surface area contributed by atoms with Gasteiger partial charge < -0.3 is 0 Å². The maximum Gasteiger partial charge on any atom is 0.179 e. The molecule has 0 heterocycles. The quantitative estimate of drug-likeness (QED) is 0.829. The maximum absolute atomic E-state index is 11.8. The highest BCUT2D eigenvalue weighted by molar-refractivity contribution is 7.91. The Kier molecular flexibility index (Phi) is 3.94. The summed E-state index contributed by atoms with van der Waals surface area (Å²) in [6.45, 7) is 6.23. The number of nitrogens with zero attached hydrogens (tertiary/aromatic N) is 1. The van der Waals surface area contributed by atoms with E-state index in [0.29, 0.717) is 4.90 Å². The molecule has 0 saturated carbocycles. The van der Waals surface area contributed by atoms with Gasteiger partial charge in [0.25, 0.3) is 0 Å². The van der Waals surface area contributed by atoms with Gasteiger partial charge in [0.05, 0.1) is 16.7 Å². The highest BCUT2D eigenvalue weighted by atomic mass is 32.2. The topological polar surface area (TPSA) is 57.9 Å². The molecule has 0 saturated heterocycles. The second-order valence-electron chi connectivity index (χ2n) is 5.00. The largest absolute Gasteiger partial charge is 0.224 e. The zero-order chi connectivity index (χ0) is 13.1. The molecule has 17 heavy (non-hydrogen) atoms. The molecule has 0 aliphatic rings. The molecule has 0 aliphatic carbocycles. The molecule has 1 rings (SSSR count). The third kappa shape index (κ3) is 3.57. The van der Waals surface area contributed by atoms with E-state index in [1.165, 1.54) is 0 Å². The van der Waals surface area contributed by atoms with Gasteiger partial charge in [0, 0.05) is 6.42 Å². The van der Waals surface area contributed by atoms with Crippen LogP contribution in [0, 0.1) is 11.3 Å². The zero-order valence-electron chi connectivity index (χ0n) is 10.4. The molecule has 4 heteroatoms. The molecule has 0 bridgehead atoms. The number of benzene rings is 1. The first kappa shape index (κ1) is 13.7. The molecule has 0 aromatic heterocycles. The highest BCUT2D eigenvalue weighted by Crippen LogP contribution is 2.23. The minimum atomic E-state index is -3.31. The van der Waals surface area contributed by atoms with Crippen LogP contribution in [0.4, 0.5) is 0 Å². The van der Waals surface area contributed by atoms with Crippen LogP contribution in [0.3, 0.4) is 0 Å². The molecule has 0 spiro atoms. The van der Waals surface area contributed by atoms with Gasteiger partial charge in [-0.05, 0) is 23.1 Å². The van der Waals surface area contributed by atoms with Crippen molar-refractivity contribution in [1.29, 1.82) is 5.26 Å². The van der Waals surface area contributed by atoms with E-state index in [-0.39, 0.29) is 17.6 Å². The van der Waals surface area contributed by atoms with E-state index in [2.05, 4.69) is 20.8 Å². The summed E-state index contributed by atoms with van der Waals surface area (Å²) < 4.78 is 23.6. The second kappa shape index (κ2) is 4.89. The van der Waals surface area contributed by atoms with Crippen molar-refractivity contribution in [2.45, 2.75) is 37.5 Å². The molecular formula is C13H17NO2S. The van der Waals surface area contributed by atoms with Crippen LogP contribution in [0.2, 0.25) is 0 Å². The summed E-state index contributed by atoms with van der Waals surface area (Å²) in [6.07, 6.45) is 0.0311. The Balaban J connectivity index is 3.00. The van der Waals surface area contributed by atoms with Gasteiger partial charge in [-0.3, -0.25) is 0 Å². The zero-order valence-corrected chi connectivity index (χ0v) is 11.2. The van der Waals surface area contributed by atoms with Gasteiger partial charge in [-0.2, -0.15) is 5.26 Å². The lowest BCUT2D eigenvalue weighted by molar-refractivity contribution is 0.586. The molecular weight excluding hydrogens is 234 g/mol. The monoisotopic (exact) mass is 251 g/mol. The lowest BCUT2D eigenvalue weighted by Gasteiger charge is -2.19. The van der Waals surface area contributed by atoms with E-state index >= 15 is 0 Å². The minimum absolute atomic E-state index is 0.00887. The summed E-state index contributed by atoms with van der Waals surface area (Å²) >= 11 is 0. The van der Waals surface area contributed by atoms with Crippen LogP contribution < -0.4 is 0 Å². The summed E-state index contributed by atoms with van der Waals surface area (Å²) in [4.78, 5) is 0.292. The third-order valence-corrected chi connectivity index (χ3v) is 4.29. The normalized spacial score (nSPS) is 12.1. The maximum atomic E-state index is 11.8. The van der Waals surface area contributed by atoms with Crippen molar-refractivity contribution < 1.29 is 8.42 Å². The SMILES string of the molecule is CC(C)(C)c1ccc(S(=O)(=O)CCC#N)cc1. The number of hydrogen-bond acceptors (Lipinski definition) is 3. The molecule has 0 aliphatic heterocycles. The molecule has 0 radical (unpaired) electrons. The molecule has 3 nitrogen and oxygen atoms in total. The molecule has 0 atom stereocenters. The van der Waals surface area contributed by atoms with Crippen LogP contribution in [-0.2, 0) is 15.3 Å². The van der Waals surface area contributed by atoms with E-state index in [0.717, 1.165) is 5.56 Å². The number of rotatable bonds is 3. The van der Waals surface area contributed by atoms with Gasteiger partial charge in [0.15, 0.2) is 9.84 Å². The Labute approximate surface area is 103 Å². The standard InChI is InChI=1S/C13H17NO2S/c1-13(2,3)11-5-7-12(8-6-11)17(15,16)10-4-9-14/h5-8H,4,10H2,1-3H3. The smallest absolute Gasteiger partial charge is 0.179 e. The second-order valence-corrected chi connectivity index (χ2v) is 7.11. The average Bonchev–Trinajstić information content (AvgIpc) is 2.25. The fraction of sp³-hybridized carbons (Fsp3) is 0.462. The number of nitriles is 1. The Morgan fingerprint density at radius 2 is 1.71 bits per heavy atom. The van der Waals surface area contributed by atoms with Crippen LogP contribution in [0.1, 0.15) is 32.8 Å². The predicted octanol–water partition coefficient (Wildman–Crippen LogP) is 2.67. The van der Waals surface area contributed by atoms with E-state index in [1.54, 1.807) is 12.1 Å². The molecule has 0 N–H and O–H groups in total. The van der Waals surface area contributed by atoms with Crippen molar-refractivity contribution >= 4 is 9.84 Å². The van der Waals surface area contributed by atoms with Crippen molar-refractivity contribution in [3.8, 4) is 6.07 Å². The average molecular weight is 251 g/mol. The van der Waals surface area contributed by atoms with Gasteiger partial charge in [0.1, 0.15) is 0 Å². The third-order valence-electron chi connectivity index (χ3n) is 2.56. The predicted molar refractivity (Wildman–Crippen MR) is 67.4 cm³/mol. The molecule has 1 aromatic rings. The fourth-order valence-corrected chi connectivity index (χ4v) is 2.61. The first-order valence-corrected chi connectivity index (χ1v) is 7.13. The summed E-state index contributed by atoms with van der Waals surface area (Å²) in [5.41, 5.74) is 1.10. The van der Waals surface area contributed by atoms with Crippen molar-refractivity contribution in [2.24, 2.45) is 0 Å². The summed E-state index contributed by atoms with van der Waals surface area (Å²) in [5, 5.41) is 8.41. The van der Waals surface area contributed by atoms with Crippen LogP contribution >= 0.6 is 0 Å². The van der Waals surface area contributed by atoms with Gasteiger partial charge in [-0.25, -0.2) is 8.42 Å².